The first-order valence-corrected chi connectivity index (χ1v) is 7.98. The number of hydrogen-bond acceptors (Lipinski definition) is 4. The molecule has 0 heterocycles. The van der Waals surface area contributed by atoms with Crippen LogP contribution >= 0.6 is 0 Å². The van der Waals surface area contributed by atoms with Gasteiger partial charge < -0.3 is 15.2 Å². The molecule has 0 bridgehead atoms. The molecule has 0 saturated heterocycles. The molecule has 0 saturated carbocycles. The number of halogens is 2. The maximum absolute atomic E-state index is 13.7. The fourth-order valence-corrected chi connectivity index (χ4v) is 2.38. The van der Waals surface area contributed by atoms with Gasteiger partial charge in [0.15, 0.2) is 0 Å². The molecule has 0 aliphatic rings. The maximum atomic E-state index is 13.7. The van der Waals surface area contributed by atoms with E-state index in [0.29, 0.717) is 23.3 Å². The number of nitrogens with two attached hydrogens (primary N) is 1. The van der Waals surface area contributed by atoms with Gasteiger partial charge in [0.1, 0.15) is 36.2 Å². The zero-order valence-corrected chi connectivity index (χ0v) is 14.2. The average molecular weight is 360 g/mol. The zero-order chi connectivity index (χ0) is 19.1. The molecule has 1 amide bonds. The molecule has 2 aromatic rings. The number of nitrogens with zero attached hydrogens (tertiary/aromatic N) is 1. The van der Waals surface area contributed by atoms with E-state index in [9.17, 15) is 13.6 Å². The second-order valence-electron chi connectivity index (χ2n) is 5.63. The first-order valence-electron chi connectivity index (χ1n) is 7.98. The van der Waals surface area contributed by atoms with Crippen LogP contribution in [-0.2, 0) is 11.2 Å². The Kier molecular flexibility index (Phi) is 6.50. The Morgan fingerprint density at radius 3 is 2.69 bits per heavy atom. The van der Waals surface area contributed by atoms with Crippen LogP contribution in [0, 0.1) is 23.0 Å². The van der Waals surface area contributed by atoms with Gasteiger partial charge in [-0.1, -0.05) is 13.0 Å². The van der Waals surface area contributed by atoms with Crippen molar-refractivity contribution < 1.29 is 23.0 Å². The minimum Gasteiger partial charge on any atom is -0.487 e. The lowest BCUT2D eigenvalue weighted by molar-refractivity contribution is 0.0848. The van der Waals surface area contributed by atoms with Gasteiger partial charge in [0, 0.05) is 12.0 Å². The number of hydrogen-bond donors (Lipinski definition) is 1. The van der Waals surface area contributed by atoms with Crippen molar-refractivity contribution in [2.45, 2.75) is 25.9 Å². The number of carbonyl (C=O) groups excluding carboxylic acids is 1. The molecule has 1 atom stereocenters. The predicted octanol–water partition coefficient (Wildman–Crippen LogP) is 3.68. The Labute approximate surface area is 149 Å². The summed E-state index contributed by atoms with van der Waals surface area (Å²) in [6.07, 6.45) is -0.565. The molecule has 0 radical (unpaired) electrons. The molecule has 0 fully saturated rings. The summed E-state index contributed by atoms with van der Waals surface area (Å²) in [5.74, 6) is -0.646. The zero-order valence-electron chi connectivity index (χ0n) is 14.2. The summed E-state index contributed by atoms with van der Waals surface area (Å²) in [6, 6.07) is 9.96. The van der Waals surface area contributed by atoms with Crippen LogP contribution in [0.1, 0.15) is 30.0 Å². The molecule has 136 valence electrons. The summed E-state index contributed by atoms with van der Waals surface area (Å²) >= 11 is 0. The summed E-state index contributed by atoms with van der Waals surface area (Å²) in [5, 5.41) is 8.94. The largest absolute Gasteiger partial charge is 0.487 e. The van der Waals surface area contributed by atoms with E-state index < -0.39 is 23.8 Å². The number of benzene rings is 2. The van der Waals surface area contributed by atoms with Crippen molar-refractivity contribution in [2.24, 2.45) is 5.73 Å². The van der Waals surface area contributed by atoms with Gasteiger partial charge in [-0.25, -0.2) is 13.6 Å². The molecule has 7 heteroatoms. The van der Waals surface area contributed by atoms with Gasteiger partial charge >= 0.3 is 6.09 Å². The highest BCUT2D eigenvalue weighted by Crippen LogP contribution is 2.25. The first-order chi connectivity index (χ1) is 12.4. The molecule has 2 N–H and O–H groups in total. The molecular formula is C19H18F2N2O3. The number of amides is 1. The average Bonchev–Trinajstić information content (AvgIpc) is 2.61. The van der Waals surface area contributed by atoms with Crippen molar-refractivity contribution in [3.05, 3.63) is 64.7 Å². The second kappa shape index (κ2) is 8.81. The maximum Gasteiger partial charge on any atom is 0.404 e. The van der Waals surface area contributed by atoms with E-state index in [-0.39, 0.29) is 18.6 Å². The standard InChI is InChI=1S/C19H18F2N2O3/c1-2-16(11-25-19(23)24)26-18-6-4-15(20)9-13(18)7-12-3-5-17(21)14(8-12)10-22/h3-6,8-9,16H,2,7,11H2,1H3,(H2,23,24). The van der Waals surface area contributed by atoms with E-state index in [0.717, 1.165) is 0 Å². The minimum absolute atomic E-state index is 0.0300. The monoisotopic (exact) mass is 360 g/mol. The lowest BCUT2D eigenvalue weighted by atomic mass is 10.0. The Bertz CT molecular complexity index is 834. The first kappa shape index (κ1) is 19.2. The van der Waals surface area contributed by atoms with Gasteiger partial charge in [-0.2, -0.15) is 5.26 Å². The summed E-state index contributed by atoms with van der Waals surface area (Å²) < 4.78 is 37.7. The normalized spacial score (nSPS) is 11.5. The van der Waals surface area contributed by atoms with Gasteiger partial charge in [-0.05, 0) is 42.3 Å². The van der Waals surface area contributed by atoms with Crippen LogP contribution in [0.15, 0.2) is 36.4 Å². The van der Waals surface area contributed by atoms with Gasteiger partial charge in [0.25, 0.3) is 0 Å². The lowest BCUT2D eigenvalue weighted by Crippen LogP contribution is -2.26. The minimum atomic E-state index is -0.901. The fourth-order valence-electron chi connectivity index (χ4n) is 2.38. The summed E-state index contributed by atoms with van der Waals surface area (Å²) in [4.78, 5) is 10.8. The molecule has 0 aliphatic carbocycles. The molecule has 1 unspecified atom stereocenters. The Hall–Kier alpha value is -3.14. The van der Waals surface area contributed by atoms with Crippen molar-refractivity contribution in [1.29, 1.82) is 5.26 Å². The topological polar surface area (TPSA) is 85.3 Å². The fraction of sp³-hybridized carbons (Fsp3) is 0.263. The molecule has 2 rings (SSSR count). The third kappa shape index (κ3) is 5.18. The van der Waals surface area contributed by atoms with Gasteiger partial charge in [-0.3, -0.25) is 0 Å². The quantitative estimate of drug-likeness (QED) is 0.816. The Morgan fingerprint density at radius 2 is 2.04 bits per heavy atom. The Morgan fingerprint density at radius 1 is 1.27 bits per heavy atom. The van der Waals surface area contributed by atoms with Crippen molar-refractivity contribution in [3.8, 4) is 11.8 Å². The molecular weight excluding hydrogens is 342 g/mol. The SMILES string of the molecule is CCC(COC(N)=O)Oc1ccc(F)cc1Cc1ccc(F)c(C#N)c1. The van der Waals surface area contributed by atoms with Crippen LogP contribution in [0.5, 0.6) is 5.75 Å². The van der Waals surface area contributed by atoms with Gasteiger partial charge in [-0.15, -0.1) is 0 Å². The van der Waals surface area contributed by atoms with E-state index in [1.54, 1.807) is 6.07 Å². The Balaban J connectivity index is 2.24. The van der Waals surface area contributed by atoms with Crippen molar-refractivity contribution in [1.82, 2.24) is 0 Å². The van der Waals surface area contributed by atoms with Crippen molar-refractivity contribution in [2.75, 3.05) is 6.61 Å². The highest BCUT2D eigenvalue weighted by Gasteiger charge is 2.15. The van der Waals surface area contributed by atoms with Crippen LogP contribution in [0.3, 0.4) is 0 Å². The van der Waals surface area contributed by atoms with Crippen LogP contribution < -0.4 is 10.5 Å². The summed E-state index contributed by atoms with van der Waals surface area (Å²) in [7, 11) is 0. The number of carbonyl (C=O) groups is 1. The molecule has 0 aromatic heterocycles. The van der Waals surface area contributed by atoms with Gasteiger partial charge in [0.05, 0.1) is 5.56 Å². The van der Waals surface area contributed by atoms with Crippen LogP contribution in [0.4, 0.5) is 13.6 Å². The highest BCUT2D eigenvalue weighted by atomic mass is 19.1. The van der Waals surface area contributed by atoms with Gasteiger partial charge in [0.2, 0.25) is 0 Å². The predicted molar refractivity (Wildman–Crippen MR) is 90.6 cm³/mol. The molecule has 0 spiro atoms. The second-order valence-corrected chi connectivity index (χ2v) is 5.63. The summed E-state index contributed by atoms with van der Waals surface area (Å²) in [5.41, 5.74) is 6.04. The number of primary amides is 1. The van der Waals surface area contributed by atoms with E-state index in [1.165, 1.54) is 36.4 Å². The molecule has 26 heavy (non-hydrogen) atoms. The molecule has 0 aliphatic heterocycles. The van der Waals surface area contributed by atoms with Crippen molar-refractivity contribution in [3.63, 3.8) is 0 Å². The van der Waals surface area contributed by atoms with E-state index in [1.807, 2.05) is 6.92 Å². The van der Waals surface area contributed by atoms with Crippen LogP contribution in [0.25, 0.3) is 0 Å². The molecule has 2 aromatic carbocycles. The van der Waals surface area contributed by atoms with E-state index >= 15 is 0 Å². The number of ether oxygens (including phenoxy) is 2. The van der Waals surface area contributed by atoms with Crippen LogP contribution in [-0.4, -0.2) is 18.8 Å². The third-order valence-electron chi connectivity index (χ3n) is 3.73. The highest BCUT2D eigenvalue weighted by molar-refractivity contribution is 5.64. The van der Waals surface area contributed by atoms with Crippen LogP contribution in [0.2, 0.25) is 0 Å². The van der Waals surface area contributed by atoms with E-state index in [4.69, 9.17) is 20.5 Å². The van der Waals surface area contributed by atoms with E-state index in [2.05, 4.69) is 0 Å². The lowest BCUT2D eigenvalue weighted by Gasteiger charge is -2.19. The number of rotatable bonds is 7. The third-order valence-corrected chi connectivity index (χ3v) is 3.73. The summed E-state index contributed by atoms with van der Waals surface area (Å²) in [6.45, 7) is 1.81. The molecule has 5 nitrogen and oxygen atoms in total. The van der Waals surface area contributed by atoms with Crippen molar-refractivity contribution >= 4 is 6.09 Å². The number of nitriles is 1. The smallest absolute Gasteiger partial charge is 0.404 e.